The van der Waals surface area contributed by atoms with Gasteiger partial charge in [-0.25, -0.2) is 0 Å². The van der Waals surface area contributed by atoms with Crippen LogP contribution in [0.25, 0.3) is 0 Å². The first kappa shape index (κ1) is 18.7. The number of amides is 3. The highest BCUT2D eigenvalue weighted by molar-refractivity contribution is 7.12. The first-order chi connectivity index (χ1) is 13.5. The molecule has 0 bridgehead atoms. The quantitative estimate of drug-likeness (QED) is 0.860. The van der Waals surface area contributed by atoms with Crippen LogP contribution in [0.4, 0.5) is 0 Å². The van der Waals surface area contributed by atoms with Crippen molar-refractivity contribution in [3.63, 3.8) is 0 Å². The summed E-state index contributed by atoms with van der Waals surface area (Å²) in [7, 11) is 0. The van der Waals surface area contributed by atoms with Gasteiger partial charge in [-0.3, -0.25) is 14.4 Å². The second-order valence-corrected chi connectivity index (χ2v) is 8.35. The molecule has 1 aromatic carbocycles. The summed E-state index contributed by atoms with van der Waals surface area (Å²) in [6.45, 7) is 1.52. The number of thiophene rings is 1. The fraction of sp³-hybridized carbons (Fsp3) is 0.381. The average Bonchev–Trinajstić information content (AvgIpc) is 3.26. The Balaban J connectivity index is 1.44. The van der Waals surface area contributed by atoms with Gasteiger partial charge in [-0.2, -0.15) is 0 Å². The van der Waals surface area contributed by atoms with Crippen LogP contribution in [0.1, 0.15) is 33.6 Å². The van der Waals surface area contributed by atoms with E-state index in [9.17, 15) is 14.4 Å². The van der Waals surface area contributed by atoms with Crippen LogP contribution >= 0.6 is 11.3 Å². The SMILES string of the molecule is NC(=O)[C@H]1Cc2ccccc2CN1C(=O)C1CCN(C(=O)c2cccs2)CC1. The van der Waals surface area contributed by atoms with Crippen LogP contribution in [-0.4, -0.2) is 46.7 Å². The van der Waals surface area contributed by atoms with Gasteiger partial charge in [-0.15, -0.1) is 11.3 Å². The third kappa shape index (κ3) is 3.54. The van der Waals surface area contributed by atoms with E-state index in [-0.39, 0.29) is 17.7 Å². The van der Waals surface area contributed by atoms with Crippen LogP contribution in [0, 0.1) is 5.92 Å². The average molecular weight is 398 g/mol. The summed E-state index contributed by atoms with van der Waals surface area (Å²) in [6.07, 6.45) is 1.69. The monoisotopic (exact) mass is 397 g/mol. The molecule has 1 fully saturated rings. The molecule has 4 rings (SSSR count). The lowest BCUT2D eigenvalue weighted by Crippen LogP contribution is -2.54. The molecular formula is C21H23N3O3S. The number of rotatable bonds is 3. The van der Waals surface area contributed by atoms with E-state index in [4.69, 9.17) is 5.73 Å². The van der Waals surface area contributed by atoms with Gasteiger partial charge >= 0.3 is 0 Å². The number of hydrogen-bond acceptors (Lipinski definition) is 4. The second kappa shape index (κ2) is 7.75. The maximum atomic E-state index is 13.2. The number of hydrogen-bond donors (Lipinski definition) is 1. The van der Waals surface area contributed by atoms with Crippen LogP contribution in [-0.2, 0) is 22.6 Å². The Kier molecular flexibility index (Phi) is 5.17. The normalized spacial score (nSPS) is 19.9. The van der Waals surface area contributed by atoms with E-state index in [1.54, 1.807) is 4.90 Å². The molecule has 3 heterocycles. The number of benzene rings is 1. The molecule has 1 atom stereocenters. The van der Waals surface area contributed by atoms with Gasteiger partial charge in [0.2, 0.25) is 11.8 Å². The molecule has 2 aromatic rings. The number of fused-ring (bicyclic) bond motifs is 1. The molecule has 7 heteroatoms. The molecule has 6 nitrogen and oxygen atoms in total. The van der Waals surface area contributed by atoms with Crippen molar-refractivity contribution in [1.29, 1.82) is 0 Å². The molecule has 28 heavy (non-hydrogen) atoms. The molecule has 2 aliphatic rings. The van der Waals surface area contributed by atoms with Crippen molar-refractivity contribution in [3.8, 4) is 0 Å². The Hall–Kier alpha value is -2.67. The van der Waals surface area contributed by atoms with Crippen molar-refractivity contribution in [2.24, 2.45) is 11.7 Å². The van der Waals surface area contributed by atoms with Gasteiger partial charge in [0.25, 0.3) is 5.91 Å². The lowest BCUT2D eigenvalue weighted by atomic mass is 9.89. The number of nitrogens with zero attached hydrogens (tertiary/aromatic N) is 2. The molecular weight excluding hydrogens is 374 g/mol. The van der Waals surface area contributed by atoms with Crippen molar-refractivity contribution in [2.75, 3.05) is 13.1 Å². The number of carbonyl (C=O) groups is 3. The largest absolute Gasteiger partial charge is 0.368 e. The Bertz CT molecular complexity index is 888. The first-order valence-electron chi connectivity index (χ1n) is 9.54. The highest BCUT2D eigenvalue weighted by Gasteiger charge is 2.38. The third-order valence-corrected chi connectivity index (χ3v) is 6.58. The van der Waals surface area contributed by atoms with Gasteiger partial charge in [0, 0.05) is 32.0 Å². The fourth-order valence-corrected chi connectivity index (χ4v) is 4.82. The molecule has 2 aliphatic heterocycles. The number of piperidine rings is 1. The third-order valence-electron chi connectivity index (χ3n) is 5.72. The molecule has 3 amide bonds. The minimum atomic E-state index is -0.604. The summed E-state index contributed by atoms with van der Waals surface area (Å²) < 4.78 is 0. The summed E-state index contributed by atoms with van der Waals surface area (Å²) in [5.41, 5.74) is 7.76. The van der Waals surface area contributed by atoms with Crippen molar-refractivity contribution in [3.05, 3.63) is 57.8 Å². The lowest BCUT2D eigenvalue weighted by Gasteiger charge is -2.39. The summed E-state index contributed by atoms with van der Waals surface area (Å²) >= 11 is 1.43. The molecule has 0 radical (unpaired) electrons. The summed E-state index contributed by atoms with van der Waals surface area (Å²) in [5.74, 6) is -0.642. The zero-order valence-electron chi connectivity index (χ0n) is 15.5. The summed E-state index contributed by atoms with van der Waals surface area (Å²) in [4.78, 5) is 41.9. The van der Waals surface area contributed by atoms with Crippen LogP contribution in [0.3, 0.4) is 0 Å². The van der Waals surface area contributed by atoms with Crippen molar-refractivity contribution < 1.29 is 14.4 Å². The van der Waals surface area contributed by atoms with Crippen LogP contribution in [0.5, 0.6) is 0 Å². The molecule has 146 valence electrons. The molecule has 0 spiro atoms. The van der Waals surface area contributed by atoms with E-state index in [1.807, 2.05) is 46.7 Å². The van der Waals surface area contributed by atoms with E-state index in [0.29, 0.717) is 38.9 Å². The summed E-state index contributed by atoms with van der Waals surface area (Å²) in [6, 6.07) is 11.0. The fourth-order valence-electron chi connectivity index (χ4n) is 4.13. The number of carbonyl (C=O) groups excluding carboxylic acids is 3. The minimum Gasteiger partial charge on any atom is -0.368 e. The van der Waals surface area contributed by atoms with Crippen LogP contribution < -0.4 is 5.73 Å². The van der Waals surface area contributed by atoms with Crippen molar-refractivity contribution in [1.82, 2.24) is 9.80 Å². The number of nitrogens with two attached hydrogens (primary N) is 1. The Labute approximate surface area is 167 Å². The van der Waals surface area contributed by atoms with Crippen molar-refractivity contribution in [2.45, 2.75) is 31.8 Å². The molecule has 0 saturated carbocycles. The zero-order valence-corrected chi connectivity index (χ0v) is 16.4. The standard InChI is InChI=1S/C21H23N3O3S/c22-19(25)17-12-15-4-1-2-5-16(15)13-24(17)20(26)14-7-9-23(10-8-14)21(27)18-6-3-11-28-18/h1-6,11,14,17H,7-10,12-13H2,(H2,22,25)/t17-/m1/s1. The van der Waals surface area contributed by atoms with Crippen LogP contribution in [0.15, 0.2) is 41.8 Å². The van der Waals surface area contributed by atoms with Gasteiger partial charge in [0.05, 0.1) is 4.88 Å². The molecule has 0 aliphatic carbocycles. The van der Waals surface area contributed by atoms with E-state index in [1.165, 1.54) is 11.3 Å². The summed E-state index contributed by atoms with van der Waals surface area (Å²) in [5, 5.41) is 1.89. The van der Waals surface area contributed by atoms with Gasteiger partial charge in [0.1, 0.15) is 6.04 Å². The maximum Gasteiger partial charge on any atom is 0.263 e. The highest BCUT2D eigenvalue weighted by Crippen LogP contribution is 2.28. The Morgan fingerprint density at radius 1 is 1.00 bits per heavy atom. The van der Waals surface area contributed by atoms with Crippen LogP contribution in [0.2, 0.25) is 0 Å². The smallest absolute Gasteiger partial charge is 0.263 e. The zero-order chi connectivity index (χ0) is 19.7. The molecule has 1 saturated heterocycles. The maximum absolute atomic E-state index is 13.2. The van der Waals surface area contributed by atoms with Gasteiger partial charge in [-0.05, 0) is 35.4 Å². The highest BCUT2D eigenvalue weighted by atomic mass is 32.1. The predicted molar refractivity (Wildman–Crippen MR) is 107 cm³/mol. The van der Waals surface area contributed by atoms with Gasteiger partial charge in [0.15, 0.2) is 0 Å². The van der Waals surface area contributed by atoms with Gasteiger partial charge < -0.3 is 15.5 Å². The van der Waals surface area contributed by atoms with E-state index in [0.717, 1.165) is 16.0 Å². The van der Waals surface area contributed by atoms with E-state index in [2.05, 4.69) is 0 Å². The van der Waals surface area contributed by atoms with Gasteiger partial charge in [-0.1, -0.05) is 30.3 Å². The number of primary amides is 1. The van der Waals surface area contributed by atoms with Crippen molar-refractivity contribution >= 4 is 29.1 Å². The number of likely N-dealkylation sites (tertiary alicyclic amines) is 1. The van der Waals surface area contributed by atoms with E-state index < -0.39 is 11.9 Å². The molecule has 2 N–H and O–H groups in total. The Morgan fingerprint density at radius 2 is 1.71 bits per heavy atom. The second-order valence-electron chi connectivity index (χ2n) is 7.40. The van der Waals surface area contributed by atoms with E-state index >= 15 is 0 Å². The molecule has 0 unspecified atom stereocenters. The topological polar surface area (TPSA) is 83.7 Å². The first-order valence-corrected chi connectivity index (χ1v) is 10.4. The minimum absolute atomic E-state index is 0.0264. The molecule has 1 aromatic heterocycles. The Morgan fingerprint density at radius 3 is 2.36 bits per heavy atom. The lowest BCUT2D eigenvalue weighted by molar-refractivity contribution is -0.145. The predicted octanol–water partition coefficient (Wildman–Crippen LogP) is 2.04.